The number of nitrogens with two attached hydrogens (primary N) is 1. The summed E-state index contributed by atoms with van der Waals surface area (Å²) in [6, 6.07) is -0.265. The number of aromatic nitrogens is 2. The van der Waals surface area contributed by atoms with Crippen LogP contribution in [0.5, 0.6) is 0 Å². The normalized spacial score (nSPS) is 27.9. The summed E-state index contributed by atoms with van der Waals surface area (Å²) in [5.74, 6) is -1.07. The number of carbonyl (C=O) groups is 2. The lowest BCUT2D eigenvalue weighted by Crippen LogP contribution is -2.59. The zero-order valence-electron chi connectivity index (χ0n) is 36.1. The van der Waals surface area contributed by atoms with Gasteiger partial charge < -0.3 is 50.6 Å². The van der Waals surface area contributed by atoms with Crippen molar-refractivity contribution >= 4 is 11.8 Å². The number of aliphatic hydroxyl groups is 4. The van der Waals surface area contributed by atoms with E-state index in [0.717, 1.165) is 36.1 Å². The molecule has 2 saturated heterocycles. The number of H-pyrrole nitrogens is 1. The largest absolute Gasteiger partial charge is 0.387 e. The number of amides is 2. The van der Waals surface area contributed by atoms with Gasteiger partial charge in [0.05, 0.1) is 0 Å². The SMILES string of the molecule is CCCCCCCCCCCCCCCCCCCCCNC(=O)C1=CCN(C)[C@@H]([C@H](OC2OC(CN)C(O)C2O)C2OC(n3ccc(=O)[nH]c3=O)C(O)C2O)C(=O)N1C. The molecular formula is C43H74N6O11. The van der Waals surface area contributed by atoms with Crippen molar-refractivity contribution in [3.8, 4) is 0 Å². The Bertz CT molecular complexity index is 1590. The van der Waals surface area contributed by atoms with Crippen LogP contribution in [0.25, 0.3) is 0 Å². The molecule has 1 aromatic rings. The van der Waals surface area contributed by atoms with Crippen LogP contribution < -0.4 is 22.3 Å². The highest BCUT2D eigenvalue weighted by atomic mass is 16.7. The molecule has 3 aliphatic heterocycles. The molecule has 8 N–H and O–H groups in total. The summed E-state index contributed by atoms with van der Waals surface area (Å²) in [7, 11) is 3.03. The summed E-state index contributed by atoms with van der Waals surface area (Å²) < 4.78 is 18.8. The van der Waals surface area contributed by atoms with Crippen LogP contribution in [0.3, 0.4) is 0 Å². The molecule has 60 heavy (non-hydrogen) atoms. The topological polar surface area (TPSA) is 242 Å². The smallest absolute Gasteiger partial charge is 0.330 e. The lowest BCUT2D eigenvalue weighted by Gasteiger charge is -2.38. The summed E-state index contributed by atoms with van der Waals surface area (Å²) in [6.07, 6.45) is 13.3. The van der Waals surface area contributed by atoms with E-state index in [1.54, 1.807) is 18.0 Å². The maximum Gasteiger partial charge on any atom is 0.330 e. The monoisotopic (exact) mass is 851 g/mol. The van der Waals surface area contributed by atoms with Crippen LogP contribution in [-0.4, -0.2) is 140 Å². The van der Waals surface area contributed by atoms with E-state index in [1.807, 2.05) is 0 Å². The van der Waals surface area contributed by atoms with Crippen LogP contribution in [0.15, 0.2) is 33.6 Å². The fourth-order valence-electron chi connectivity index (χ4n) is 8.44. The lowest BCUT2D eigenvalue weighted by atomic mass is 9.97. The standard InChI is InChI=1S/C43H74N6O11/c1-4-5-6-7-8-9-10-11-12-13-14-15-16-17-18-19-20-21-22-25-45-39(55)29-23-26-47(2)32(40(56)48(29)3)37(60-42-36(54)33(51)30(28-44)58-42)38-34(52)35(53)41(59-38)49-27-24-31(50)46-43(49)57/h23-24,27,30,32-38,41-42,51-54H,4-22,25-26,28,44H2,1-3H3,(H,45,55)(H,46,50,57)/t30?,32-,33?,34?,35?,36?,37-,38?,41?,42?/m0/s1. The molecule has 0 aliphatic carbocycles. The maximum atomic E-state index is 14.3. The minimum absolute atomic E-state index is 0.0684. The molecule has 0 saturated carbocycles. The number of ether oxygens (including phenoxy) is 3. The Hall–Kier alpha value is -3.00. The van der Waals surface area contributed by atoms with Gasteiger partial charge in [0.2, 0.25) is 5.91 Å². The van der Waals surface area contributed by atoms with Crippen molar-refractivity contribution < 1.29 is 44.2 Å². The number of rotatable bonds is 27. The predicted octanol–water partition coefficient (Wildman–Crippen LogP) is 2.15. The van der Waals surface area contributed by atoms with Crippen molar-refractivity contribution in [1.29, 1.82) is 0 Å². The summed E-state index contributed by atoms with van der Waals surface area (Å²) >= 11 is 0. The molecule has 10 atom stereocenters. The van der Waals surface area contributed by atoms with Gasteiger partial charge in [-0.05, 0) is 19.5 Å². The summed E-state index contributed by atoms with van der Waals surface area (Å²) in [5, 5.41) is 46.7. The number of carbonyl (C=O) groups excluding carboxylic acids is 2. The number of unbranched alkanes of at least 4 members (excludes halogenated alkanes) is 18. The van der Waals surface area contributed by atoms with Crippen LogP contribution in [-0.2, 0) is 23.8 Å². The number of nitrogens with one attached hydrogen (secondary N) is 2. The van der Waals surface area contributed by atoms with Gasteiger partial charge in [-0.15, -0.1) is 0 Å². The van der Waals surface area contributed by atoms with Crippen LogP contribution in [0.4, 0.5) is 0 Å². The van der Waals surface area contributed by atoms with Gasteiger partial charge in [-0.3, -0.25) is 28.8 Å². The van der Waals surface area contributed by atoms with E-state index >= 15 is 0 Å². The van der Waals surface area contributed by atoms with Crippen molar-refractivity contribution in [2.45, 2.75) is 190 Å². The molecule has 0 aromatic carbocycles. The van der Waals surface area contributed by atoms with Gasteiger partial charge >= 0.3 is 5.69 Å². The van der Waals surface area contributed by atoms with E-state index in [-0.39, 0.29) is 18.8 Å². The van der Waals surface area contributed by atoms with Gasteiger partial charge in [0.1, 0.15) is 54.5 Å². The van der Waals surface area contributed by atoms with Gasteiger partial charge in [0, 0.05) is 38.9 Å². The molecule has 0 spiro atoms. The lowest BCUT2D eigenvalue weighted by molar-refractivity contribution is -0.232. The van der Waals surface area contributed by atoms with Crippen molar-refractivity contribution in [1.82, 2.24) is 24.7 Å². The van der Waals surface area contributed by atoms with E-state index in [2.05, 4.69) is 17.2 Å². The first kappa shape index (κ1) is 49.7. The van der Waals surface area contributed by atoms with Crippen LogP contribution in [0, 0.1) is 0 Å². The predicted molar refractivity (Wildman–Crippen MR) is 226 cm³/mol. The Kier molecular flexibility index (Phi) is 21.4. The Morgan fingerprint density at radius 1 is 0.817 bits per heavy atom. The number of aliphatic hydroxyl groups excluding tert-OH is 4. The van der Waals surface area contributed by atoms with E-state index in [9.17, 15) is 39.6 Å². The van der Waals surface area contributed by atoms with E-state index in [1.165, 1.54) is 115 Å². The first-order valence-electron chi connectivity index (χ1n) is 22.6. The molecule has 17 heteroatoms. The van der Waals surface area contributed by atoms with Gasteiger partial charge in [-0.1, -0.05) is 122 Å². The number of nitrogens with zero attached hydrogens (tertiary/aromatic N) is 3. The van der Waals surface area contributed by atoms with Gasteiger partial charge in [0.25, 0.3) is 11.5 Å². The van der Waals surface area contributed by atoms with Crippen molar-refractivity contribution in [2.24, 2.45) is 5.73 Å². The Labute approximate surface area is 354 Å². The highest BCUT2D eigenvalue weighted by molar-refractivity contribution is 5.99. The van der Waals surface area contributed by atoms with E-state index in [0.29, 0.717) is 6.54 Å². The molecule has 1 aromatic heterocycles. The summed E-state index contributed by atoms with van der Waals surface area (Å²) in [6.45, 7) is 2.61. The van der Waals surface area contributed by atoms with Gasteiger partial charge in [0.15, 0.2) is 12.5 Å². The second kappa shape index (κ2) is 25.8. The van der Waals surface area contributed by atoms with Crippen LogP contribution in [0.2, 0.25) is 0 Å². The van der Waals surface area contributed by atoms with Crippen LogP contribution in [0.1, 0.15) is 135 Å². The molecule has 8 unspecified atom stereocenters. The highest BCUT2D eigenvalue weighted by Crippen LogP contribution is 2.36. The zero-order valence-corrected chi connectivity index (χ0v) is 36.1. The van der Waals surface area contributed by atoms with Crippen LogP contribution >= 0.6 is 0 Å². The molecule has 2 amide bonds. The van der Waals surface area contributed by atoms with Crippen molar-refractivity contribution in [3.05, 3.63) is 44.9 Å². The Balaban J connectivity index is 1.24. The minimum atomic E-state index is -1.75. The third kappa shape index (κ3) is 14.0. The maximum absolute atomic E-state index is 14.3. The molecule has 0 radical (unpaired) electrons. The first-order chi connectivity index (χ1) is 28.9. The third-order valence-electron chi connectivity index (χ3n) is 12.2. The zero-order chi connectivity index (χ0) is 43.6. The fourth-order valence-corrected chi connectivity index (χ4v) is 8.44. The highest BCUT2D eigenvalue weighted by Gasteiger charge is 2.55. The summed E-state index contributed by atoms with van der Waals surface area (Å²) in [4.78, 5) is 56.9. The summed E-state index contributed by atoms with van der Waals surface area (Å²) in [5.41, 5.74) is 4.22. The molecule has 342 valence electrons. The minimum Gasteiger partial charge on any atom is -0.387 e. The molecule has 2 fully saturated rings. The molecule has 3 aliphatic rings. The second-order valence-corrected chi connectivity index (χ2v) is 16.8. The van der Waals surface area contributed by atoms with E-state index < -0.39 is 84.4 Å². The molecule has 4 heterocycles. The second-order valence-electron chi connectivity index (χ2n) is 16.8. The number of likely N-dealkylation sites (N-methyl/N-ethyl adjacent to an activating group) is 2. The molecular weight excluding hydrogens is 777 g/mol. The quantitative estimate of drug-likeness (QED) is 0.0629. The van der Waals surface area contributed by atoms with Gasteiger partial charge in [-0.25, -0.2) is 4.79 Å². The average molecular weight is 851 g/mol. The molecule has 17 nitrogen and oxygen atoms in total. The average Bonchev–Trinajstić information content (AvgIpc) is 3.63. The fraction of sp³-hybridized carbons (Fsp3) is 0.814. The Morgan fingerprint density at radius 2 is 1.37 bits per heavy atom. The third-order valence-corrected chi connectivity index (χ3v) is 12.2. The van der Waals surface area contributed by atoms with E-state index in [4.69, 9.17) is 19.9 Å². The molecule has 4 rings (SSSR count). The Morgan fingerprint density at radius 3 is 1.88 bits per heavy atom. The van der Waals surface area contributed by atoms with Crippen molar-refractivity contribution in [3.63, 3.8) is 0 Å². The number of hydrogen-bond donors (Lipinski definition) is 7. The number of aromatic amines is 1. The molecule has 0 bridgehead atoms. The van der Waals surface area contributed by atoms with Gasteiger partial charge in [-0.2, -0.15) is 0 Å². The first-order valence-corrected chi connectivity index (χ1v) is 22.6. The number of hydrogen-bond acceptors (Lipinski definition) is 13. The van der Waals surface area contributed by atoms with Crippen molar-refractivity contribution in [2.75, 3.05) is 33.7 Å².